The van der Waals surface area contributed by atoms with Crippen LogP contribution in [-0.4, -0.2) is 13.2 Å². The predicted molar refractivity (Wildman–Crippen MR) is 51.0 cm³/mol. The van der Waals surface area contributed by atoms with Crippen LogP contribution < -0.4 is 0 Å². The quantitative estimate of drug-likeness (QED) is 0.460. The van der Waals surface area contributed by atoms with Crippen molar-refractivity contribution in [3.8, 4) is 0 Å². The molecule has 1 unspecified atom stereocenters. The minimum absolute atomic E-state index is 0.459. The second-order valence-corrected chi connectivity index (χ2v) is 9.13. The summed E-state index contributed by atoms with van der Waals surface area (Å²) in [5.41, 5.74) is 0.459. The zero-order valence-corrected chi connectivity index (χ0v) is 9.77. The summed E-state index contributed by atoms with van der Waals surface area (Å²) in [5.74, 6) is 0. The van der Waals surface area contributed by atoms with E-state index in [1.165, 1.54) is 0 Å². The first-order valence-electron chi connectivity index (χ1n) is 3.49. The summed E-state index contributed by atoms with van der Waals surface area (Å²) >= 11 is 3.72. The molecule has 2 heteroatoms. The van der Waals surface area contributed by atoms with Crippen molar-refractivity contribution in [2.45, 2.75) is 38.3 Å². The molecule has 0 heterocycles. The summed E-state index contributed by atoms with van der Waals surface area (Å²) in [7, 11) is -0.473. The Kier molecular flexibility index (Phi) is 3.44. The molecular weight excluding hydrogens is 192 g/mol. The highest BCUT2D eigenvalue weighted by Gasteiger charge is 2.24. The molecule has 0 saturated carbocycles. The van der Waals surface area contributed by atoms with E-state index >= 15 is 0 Å². The van der Waals surface area contributed by atoms with Crippen LogP contribution in [-0.2, 0) is 0 Å². The van der Waals surface area contributed by atoms with Gasteiger partial charge in [0.05, 0.1) is 0 Å². The van der Waals surface area contributed by atoms with Crippen LogP contribution in [0.2, 0.25) is 13.1 Å². The van der Waals surface area contributed by atoms with Crippen molar-refractivity contribution in [1.29, 1.82) is 0 Å². The van der Waals surface area contributed by atoms with Crippen LogP contribution in [0.4, 0.5) is 0 Å². The van der Waals surface area contributed by atoms with E-state index in [9.17, 15) is 0 Å². The van der Waals surface area contributed by atoms with E-state index in [4.69, 9.17) is 0 Å². The second-order valence-electron chi connectivity index (χ2n) is 4.01. The fourth-order valence-corrected chi connectivity index (χ4v) is 3.00. The molecule has 0 aromatic rings. The van der Waals surface area contributed by atoms with Crippen molar-refractivity contribution < 1.29 is 0 Å². The molecule has 0 aliphatic rings. The van der Waals surface area contributed by atoms with Crippen molar-refractivity contribution in [3.63, 3.8) is 0 Å². The van der Waals surface area contributed by atoms with E-state index in [0.717, 1.165) is 4.45 Å². The number of halogens is 1. The molecule has 0 rings (SSSR count). The first-order valence-corrected chi connectivity index (χ1v) is 7.39. The van der Waals surface area contributed by atoms with Gasteiger partial charge in [-0.15, -0.1) is 0 Å². The number of alkyl halides is 1. The van der Waals surface area contributed by atoms with Gasteiger partial charge >= 0.3 is 0 Å². The third kappa shape index (κ3) is 3.41. The average molecular weight is 209 g/mol. The molecule has 0 spiro atoms. The Morgan fingerprint density at radius 3 is 1.56 bits per heavy atom. The van der Waals surface area contributed by atoms with Gasteiger partial charge in [-0.05, 0) is 5.41 Å². The highest BCUT2D eigenvalue weighted by Crippen LogP contribution is 2.27. The third-order valence-corrected chi connectivity index (χ3v) is 8.13. The van der Waals surface area contributed by atoms with Gasteiger partial charge in [0.2, 0.25) is 0 Å². The number of rotatable bonds is 1. The highest BCUT2D eigenvalue weighted by molar-refractivity contribution is 9.10. The molecule has 0 N–H and O–H groups in total. The summed E-state index contributed by atoms with van der Waals surface area (Å²) < 4.78 is 0.769. The topological polar surface area (TPSA) is 0 Å². The molecular formula is C7H17BrSi. The van der Waals surface area contributed by atoms with Gasteiger partial charge in [-0.1, -0.05) is 49.8 Å². The van der Waals surface area contributed by atoms with Crippen molar-refractivity contribution in [1.82, 2.24) is 0 Å². The molecule has 0 radical (unpaired) electrons. The second kappa shape index (κ2) is 3.20. The van der Waals surface area contributed by atoms with E-state index in [0.29, 0.717) is 5.41 Å². The summed E-state index contributed by atoms with van der Waals surface area (Å²) in [6, 6.07) is 0. The molecule has 0 saturated heterocycles. The Morgan fingerprint density at radius 2 is 1.56 bits per heavy atom. The van der Waals surface area contributed by atoms with Crippen molar-refractivity contribution in [2.24, 2.45) is 5.41 Å². The van der Waals surface area contributed by atoms with Crippen molar-refractivity contribution in [3.05, 3.63) is 0 Å². The third-order valence-electron chi connectivity index (χ3n) is 1.41. The lowest BCUT2D eigenvalue weighted by atomic mass is 10.0. The van der Waals surface area contributed by atoms with Gasteiger partial charge in [0.25, 0.3) is 0 Å². The lowest BCUT2D eigenvalue weighted by Crippen LogP contribution is -2.31. The minimum Gasteiger partial charge on any atom is -0.0923 e. The fraction of sp³-hybridized carbons (Fsp3) is 1.00. The van der Waals surface area contributed by atoms with Gasteiger partial charge < -0.3 is 0 Å². The lowest BCUT2D eigenvalue weighted by Gasteiger charge is -2.27. The van der Waals surface area contributed by atoms with E-state index in [1.54, 1.807) is 0 Å². The smallest absolute Gasteiger partial charge is 0.0472 e. The molecule has 0 fully saturated rings. The zero-order valence-electron chi connectivity index (χ0n) is 7.03. The van der Waals surface area contributed by atoms with Gasteiger partial charge in [0.1, 0.15) is 0 Å². The van der Waals surface area contributed by atoms with E-state index in [1.807, 2.05) is 0 Å². The summed E-state index contributed by atoms with van der Waals surface area (Å²) in [6.07, 6.45) is 0. The SMILES string of the molecule is C[SiH](C)C(Br)C(C)(C)C. The number of hydrogen-bond acceptors (Lipinski definition) is 0. The molecule has 0 amide bonds. The van der Waals surface area contributed by atoms with Crippen LogP contribution in [0.15, 0.2) is 0 Å². The molecule has 9 heavy (non-hydrogen) atoms. The molecule has 0 aromatic heterocycles. The normalized spacial score (nSPS) is 16.3. The molecule has 0 aromatic carbocycles. The van der Waals surface area contributed by atoms with Crippen LogP contribution >= 0.6 is 15.9 Å². The Hall–Kier alpha value is 0.697. The maximum atomic E-state index is 3.72. The van der Waals surface area contributed by atoms with Crippen LogP contribution in [0.5, 0.6) is 0 Å². The molecule has 1 atom stereocenters. The monoisotopic (exact) mass is 208 g/mol. The average Bonchev–Trinajstić information content (AvgIpc) is 1.62. The summed E-state index contributed by atoms with van der Waals surface area (Å²) in [6.45, 7) is 11.6. The van der Waals surface area contributed by atoms with Crippen molar-refractivity contribution in [2.75, 3.05) is 0 Å². The Morgan fingerprint density at radius 1 is 1.22 bits per heavy atom. The summed E-state index contributed by atoms with van der Waals surface area (Å²) in [5, 5.41) is 0. The predicted octanol–water partition coefficient (Wildman–Crippen LogP) is 2.82. The van der Waals surface area contributed by atoms with Gasteiger partial charge in [0, 0.05) is 13.2 Å². The first kappa shape index (κ1) is 9.70. The van der Waals surface area contributed by atoms with Crippen LogP contribution in [0.25, 0.3) is 0 Å². The highest BCUT2D eigenvalue weighted by atomic mass is 79.9. The van der Waals surface area contributed by atoms with Crippen LogP contribution in [0.3, 0.4) is 0 Å². The molecule has 0 aliphatic heterocycles. The van der Waals surface area contributed by atoms with Gasteiger partial charge in [0.15, 0.2) is 0 Å². The molecule has 0 bridgehead atoms. The Bertz CT molecular complexity index is 83.4. The lowest BCUT2D eigenvalue weighted by molar-refractivity contribution is 0.454. The minimum atomic E-state index is -0.473. The van der Waals surface area contributed by atoms with Crippen LogP contribution in [0.1, 0.15) is 20.8 Å². The largest absolute Gasteiger partial charge is 0.0923 e. The van der Waals surface area contributed by atoms with E-state index in [2.05, 4.69) is 49.8 Å². The summed E-state index contributed by atoms with van der Waals surface area (Å²) in [4.78, 5) is 0. The first-order chi connectivity index (χ1) is 3.85. The Balaban J connectivity index is 3.88. The maximum Gasteiger partial charge on any atom is 0.0472 e. The number of hydrogen-bond donors (Lipinski definition) is 0. The fourth-order valence-electron chi connectivity index (χ4n) is 1.00. The molecule has 56 valence electrons. The van der Waals surface area contributed by atoms with Crippen LogP contribution in [0, 0.1) is 5.41 Å². The van der Waals surface area contributed by atoms with Gasteiger partial charge in [-0.25, -0.2) is 0 Å². The molecule has 0 aliphatic carbocycles. The van der Waals surface area contributed by atoms with E-state index in [-0.39, 0.29) is 0 Å². The zero-order chi connectivity index (χ0) is 7.65. The Labute approximate surface area is 68.8 Å². The van der Waals surface area contributed by atoms with Gasteiger partial charge in [-0.3, -0.25) is 0 Å². The van der Waals surface area contributed by atoms with Gasteiger partial charge in [-0.2, -0.15) is 0 Å². The van der Waals surface area contributed by atoms with Crippen molar-refractivity contribution >= 4 is 24.7 Å². The maximum absolute atomic E-state index is 3.72. The van der Waals surface area contributed by atoms with E-state index < -0.39 is 8.80 Å². The molecule has 0 nitrogen and oxygen atoms in total. The standard InChI is InChI=1S/C7H17BrSi/c1-7(2,3)6(8)9(4)5/h6,9H,1-5H3.